The van der Waals surface area contributed by atoms with Crippen LogP contribution in [0, 0.1) is 5.92 Å². The molecule has 1 saturated heterocycles. The van der Waals surface area contributed by atoms with Crippen molar-refractivity contribution < 1.29 is 0 Å². The number of fused-ring (bicyclic) bond motifs is 1. The summed E-state index contributed by atoms with van der Waals surface area (Å²) in [5.41, 5.74) is 12.9. The van der Waals surface area contributed by atoms with Crippen LogP contribution in [-0.2, 0) is 6.54 Å². The lowest BCUT2D eigenvalue weighted by molar-refractivity contribution is 0.196. The number of piperidine rings is 1. The van der Waals surface area contributed by atoms with E-state index in [1.165, 1.54) is 18.4 Å². The Morgan fingerprint density at radius 3 is 2.41 bits per heavy atom. The first-order chi connectivity index (χ1) is 18.2. The summed E-state index contributed by atoms with van der Waals surface area (Å²) in [5.74, 6) is 1.83. The van der Waals surface area contributed by atoms with Crippen molar-refractivity contribution in [3.63, 3.8) is 0 Å². The number of imidazole rings is 1. The van der Waals surface area contributed by atoms with Gasteiger partial charge in [-0.3, -0.25) is 9.47 Å². The fourth-order valence-electron chi connectivity index (χ4n) is 5.11. The van der Waals surface area contributed by atoms with Gasteiger partial charge in [-0.15, -0.1) is 6.58 Å². The number of rotatable bonds is 6. The average Bonchev–Trinajstić information content (AvgIpc) is 3.33. The minimum atomic E-state index is 0.446. The van der Waals surface area contributed by atoms with E-state index in [1.54, 1.807) is 6.20 Å². The SMILES string of the molecule is C=CC1CCN(Cc2ccc(-n3c(-c4cccnc4N)nc4ccc(-c5ccccc5)nc43)cc2)CC1. The smallest absolute Gasteiger partial charge is 0.165 e. The summed E-state index contributed by atoms with van der Waals surface area (Å²) in [7, 11) is 0. The molecular formula is C31H30N6. The maximum absolute atomic E-state index is 6.29. The number of nitrogen functional groups attached to an aromatic ring is 1. The van der Waals surface area contributed by atoms with E-state index in [9.17, 15) is 0 Å². The molecule has 6 heteroatoms. The molecule has 3 aromatic heterocycles. The van der Waals surface area contributed by atoms with Gasteiger partial charge >= 0.3 is 0 Å². The predicted octanol–water partition coefficient (Wildman–Crippen LogP) is 6.13. The molecule has 0 unspecified atom stereocenters. The quantitative estimate of drug-likeness (QED) is 0.292. The molecule has 184 valence electrons. The molecule has 0 radical (unpaired) electrons. The second kappa shape index (κ2) is 9.99. The molecule has 2 aromatic carbocycles. The van der Waals surface area contributed by atoms with Gasteiger partial charge in [0.2, 0.25) is 0 Å². The van der Waals surface area contributed by atoms with Crippen LogP contribution >= 0.6 is 0 Å². The molecule has 0 aliphatic carbocycles. The van der Waals surface area contributed by atoms with Crippen molar-refractivity contribution in [3.05, 3.63) is 103 Å². The number of nitrogens with two attached hydrogens (primary N) is 1. The summed E-state index contributed by atoms with van der Waals surface area (Å²) in [6.07, 6.45) is 6.18. The van der Waals surface area contributed by atoms with Crippen LogP contribution < -0.4 is 5.73 Å². The van der Waals surface area contributed by atoms with Crippen molar-refractivity contribution in [2.75, 3.05) is 18.8 Å². The van der Waals surface area contributed by atoms with Gasteiger partial charge in [-0.05, 0) is 73.8 Å². The van der Waals surface area contributed by atoms with Gasteiger partial charge in [0.15, 0.2) is 11.5 Å². The molecule has 6 rings (SSSR count). The zero-order valence-corrected chi connectivity index (χ0v) is 20.8. The van der Waals surface area contributed by atoms with E-state index in [4.69, 9.17) is 15.7 Å². The number of aromatic nitrogens is 4. The van der Waals surface area contributed by atoms with E-state index in [0.717, 1.165) is 59.1 Å². The first-order valence-corrected chi connectivity index (χ1v) is 12.8. The van der Waals surface area contributed by atoms with Crippen LogP contribution in [0.15, 0.2) is 97.7 Å². The third kappa shape index (κ3) is 4.63. The molecule has 37 heavy (non-hydrogen) atoms. The maximum atomic E-state index is 6.29. The highest BCUT2D eigenvalue weighted by atomic mass is 15.1. The molecule has 0 spiro atoms. The van der Waals surface area contributed by atoms with E-state index >= 15 is 0 Å². The minimum Gasteiger partial charge on any atom is -0.383 e. The maximum Gasteiger partial charge on any atom is 0.165 e. The standard InChI is InChI=1S/C31H30N6/c1-2-22-16-19-36(20-17-22)21-23-10-12-25(13-11-23)37-30(26-9-6-18-33-29(26)32)35-28-15-14-27(34-31(28)37)24-7-4-3-5-8-24/h2-15,18,22H,1,16-17,19-21H2,(H2,32,33). The molecule has 1 fully saturated rings. The summed E-state index contributed by atoms with van der Waals surface area (Å²) < 4.78 is 2.09. The van der Waals surface area contributed by atoms with Crippen molar-refractivity contribution in [1.29, 1.82) is 0 Å². The average molecular weight is 487 g/mol. The number of hydrogen-bond donors (Lipinski definition) is 1. The third-order valence-electron chi connectivity index (χ3n) is 7.22. The second-order valence-electron chi connectivity index (χ2n) is 9.63. The lowest BCUT2D eigenvalue weighted by atomic mass is 9.97. The lowest BCUT2D eigenvalue weighted by Gasteiger charge is -2.30. The van der Waals surface area contributed by atoms with Crippen molar-refractivity contribution in [3.8, 4) is 28.3 Å². The predicted molar refractivity (Wildman–Crippen MR) is 150 cm³/mol. The number of pyridine rings is 2. The van der Waals surface area contributed by atoms with Crippen molar-refractivity contribution in [1.82, 2.24) is 24.4 Å². The van der Waals surface area contributed by atoms with Crippen molar-refractivity contribution in [2.45, 2.75) is 19.4 Å². The van der Waals surface area contributed by atoms with E-state index in [2.05, 4.69) is 63.5 Å². The second-order valence-corrected chi connectivity index (χ2v) is 9.63. The van der Waals surface area contributed by atoms with Gasteiger partial charge in [0.1, 0.15) is 11.3 Å². The van der Waals surface area contributed by atoms with Gasteiger partial charge < -0.3 is 5.73 Å². The summed E-state index contributed by atoms with van der Waals surface area (Å²) in [5, 5.41) is 0. The topological polar surface area (TPSA) is 72.9 Å². The Bertz CT molecular complexity index is 1530. The molecule has 4 heterocycles. The Kier molecular flexibility index (Phi) is 6.25. The van der Waals surface area contributed by atoms with Gasteiger partial charge in [-0.1, -0.05) is 48.5 Å². The Hall–Kier alpha value is -4.29. The van der Waals surface area contributed by atoms with Crippen LogP contribution in [0.25, 0.3) is 39.5 Å². The van der Waals surface area contributed by atoms with Crippen molar-refractivity contribution in [2.24, 2.45) is 5.92 Å². The fourth-order valence-corrected chi connectivity index (χ4v) is 5.11. The normalized spacial score (nSPS) is 14.7. The van der Waals surface area contributed by atoms with Gasteiger partial charge in [-0.25, -0.2) is 15.0 Å². The highest BCUT2D eigenvalue weighted by Crippen LogP contribution is 2.32. The monoisotopic (exact) mass is 486 g/mol. The fraction of sp³-hybridized carbons (Fsp3) is 0.194. The molecule has 0 amide bonds. The van der Waals surface area contributed by atoms with E-state index < -0.39 is 0 Å². The van der Waals surface area contributed by atoms with E-state index in [1.807, 2.05) is 42.5 Å². The van der Waals surface area contributed by atoms with Gasteiger partial charge in [-0.2, -0.15) is 0 Å². The van der Waals surface area contributed by atoms with Gasteiger partial charge in [0.05, 0.1) is 11.3 Å². The molecule has 1 aliphatic rings. The molecule has 0 atom stereocenters. The summed E-state index contributed by atoms with van der Waals surface area (Å²) in [6, 6.07) is 26.8. The number of allylic oxidation sites excluding steroid dienone is 1. The van der Waals surface area contributed by atoms with E-state index in [0.29, 0.717) is 11.7 Å². The summed E-state index contributed by atoms with van der Waals surface area (Å²) >= 11 is 0. The number of likely N-dealkylation sites (tertiary alicyclic amines) is 1. The van der Waals surface area contributed by atoms with Crippen LogP contribution in [0.1, 0.15) is 18.4 Å². The van der Waals surface area contributed by atoms with Crippen molar-refractivity contribution >= 4 is 17.0 Å². The van der Waals surface area contributed by atoms with Crippen LogP contribution in [0.2, 0.25) is 0 Å². The number of hydrogen-bond acceptors (Lipinski definition) is 5. The Morgan fingerprint density at radius 2 is 1.68 bits per heavy atom. The number of benzene rings is 2. The van der Waals surface area contributed by atoms with E-state index in [-0.39, 0.29) is 0 Å². The molecule has 5 aromatic rings. The minimum absolute atomic E-state index is 0.446. The number of nitrogens with zero attached hydrogens (tertiary/aromatic N) is 5. The first-order valence-electron chi connectivity index (χ1n) is 12.8. The molecular weight excluding hydrogens is 456 g/mol. The zero-order valence-electron chi connectivity index (χ0n) is 20.8. The van der Waals surface area contributed by atoms with Crippen LogP contribution in [0.5, 0.6) is 0 Å². The van der Waals surface area contributed by atoms with Crippen LogP contribution in [0.4, 0.5) is 5.82 Å². The van der Waals surface area contributed by atoms with Gasteiger partial charge in [0, 0.05) is 24.0 Å². The molecule has 2 N–H and O–H groups in total. The molecule has 0 bridgehead atoms. The Balaban J connectivity index is 1.40. The summed E-state index contributed by atoms with van der Waals surface area (Å²) in [4.78, 5) is 16.8. The van der Waals surface area contributed by atoms with Crippen LogP contribution in [0.3, 0.4) is 0 Å². The lowest BCUT2D eigenvalue weighted by Crippen LogP contribution is -2.32. The third-order valence-corrected chi connectivity index (χ3v) is 7.22. The first kappa shape index (κ1) is 23.1. The Labute approximate surface area is 217 Å². The van der Waals surface area contributed by atoms with Gasteiger partial charge in [0.25, 0.3) is 0 Å². The summed E-state index contributed by atoms with van der Waals surface area (Å²) in [6.45, 7) is 7.14. The highest BCUT2D eigenvalue weighted by Gasteiger charge is 2.20. The number of anilines is 1. The molecule has 6 nitrogen and oxygen atoms in total. The molecule has 1 aliphatic heterocycles. The van der Waals surface area contributed by atoms with Crippen LogP contribution in [-0.4, -0.2) is 37.5 Å². The largest absolute Gasteiger partial charge is 0.383 e. The highest BCUT2D eigenvalue weighted by molar-refractivity contribution is 5.84. The molecule has 0 saturated carbocycles. The Morgan fingerprint density at radius 1 is 0.892 bits per heavy atom. The zero-order chi connectivity index (χ0) is 25.2.